The van der Waals surface area contributed by atoms with Crippen LogP contribution in [0.1, 0.15) is 11.1 Å². The molecule has 7 heteroatoms. The number of benzene rings is 1. The monoisotopic (exact) mass is 233 g/mol. The summed E-state index contributed by atoms with van der Waals surface area (Å²) in [6.07, 6.45) is 0.413. The van der Waals surface area contributed by atoms with Gasteiger partial charge in [0, 0.05) is 24.1 Å². The lowest BCUT2D eigenvalue weighted by molar-refractivity contribution is -0.384. The molecular weight excluding hydrogens is 222 g/mol. The fourth-order valence-electron chi connectivity index (χ4n) is 1.56. The van der Waals surface area contributed by atoms with Gasteiger partial charge < -0.3 is 11.5 Å². The van der Waals surface area contributed by atoms with Crippen molar-refractivity contribution in [1.82, 2.24) is 10.2 Å². The van der Waals surface area contributed by atoms with E-state index in [4.69, 9.17) is 11.5 Å². The average molecular weight is 233 g/mol. The van der Waals surface area contributed by atoms with Gasteiger partial charge >= 0.3 is 0 Å². The second kappa shape index (κ2) is 4.12. The van der Waals surface area contributed by atoms with Crippen molar-refractivity contribution in [3.05, 3.63) is 45.5 Å². The highest BCUT2D eigenvalue weighted by Crippen LogP contribution is 2.22. The molecular formula is C10H11N5O2. The van der Waals surface area contributed by atoms with Gasteiger partial charge in [0.05, 0.1) is 4.92 Å². The summed E-state index contributed by atoms with van der Waals surface area (Å²) in [5.41, 5.74) is 12.8. The van der Waals surface area contributed by atoms with Crippen molar-refractivity contribution in [2.24, 2.45) is 0 Å². The Balaban J connectivity index is 2.30. The van der Waals surface area contributed by atoms with Crippen LogP contribution >= 0.6 is 0 Å². The topological polar surface area (TPSA) is 124 Å². The minimum Gasteiger partial charge on any atom is -0.384 e. The van der Waals surface area contributed by atoms with Crippen molar-refractivity contribution in [2.45, 2.75) is 6.42 Å². The number of H-pyrrole nitrogens is 1. The minimum atomic E-state index is -0.439. The Labute approximate surface area is 96.6 Å². The second-order valence-corrected chi connectivity index (χ2v) is 3.60. The normalized spacial score (nSPS) is 10.4. The Morgan fingerprint density at radius 2 is 2.18 bits per heavy atom. The third kappa shape index (κ3) is 2.17. The van der Waals surface area contributed by atoms with E-state index in [0.29, 0.717) is 23.6 Å². The zero-order valence-electron chi connectivity index (χ0n) is 8.88. The van der Waals surface area contributed by atoms with E-state index in [-0.39, 0.29) is 5.69 Å². The molecule has 0 atom stereocenters. The predicted octanol–water partition coefficient (Wildman–Crippen LogP) is 1.07. The van der Waals surface area contributed by atoms with Gasteiger partial charge in [-0.15, -0.1) is 0 Å². The summed E-state index contributed by atoms with van der Waals surface area (Å²) < 4.78 is 0. The SMILES string of the molecule is Nc1n[nH]c(N)c1Cc1cccc([N+](=O)[O-])c1. The van der Waals surface area contributed by atoms with Crippen molar-refractivity contribution in [1.29, 1.82) is 0 Å². The number of aromatic amines is 1. The van der Waals surface area contributed by atoms with Crippen LogP contribution in [0.5, 0.6) is 0 Å². The molecule has 0 fully saturated rings. The van der Waals surface area contributed by atoms with Gasteiger partial charge in [0.2, 0.25) is 0 Å². The number of anilines is 2. The summed E-state index contributed by atoms with van der Waals surface area (Å²) in [5.74, 6) is 0.697. The Hall–Kier alpha value is -2.57. The summed E-state index contributed by atoms with van der Waals surface area (Å²) in [5, 5.41) is 17.0. The third-order valence-electron chi connectivity index (χ3n) is 2.43. The molecule has 2 aromatic rings. The van der Waals surface area contributed by atoms with E-state index in [1.807, 2.05) is 0 Å². The maximum atomic E-state index is 10.6. The molecule has 1 aromatic carbocycles. The number of nitrogens with one attached hydrogen (secondary N) is 1. The van der Waals surface area contributed by atoms with Crippen LogP contribution in [0.15, 0.2) is 24.3 Å². The first-order valence-electron chi connectivity index (χ1n) is 4.89. The van der Waals surface area contributed by atoms with Gasteiger partial charge in [0.25, 0.3) is 5.69 Å². The van der Waals surface area contributed by atoms with E-state index in [1.165, 1.54) is 12.1 Å². The Bertz CT molecular complexity index is 544. The molecule has 0 unspecified atom stereocenters. The van der Waals surface area contributed by atoms with Crippen LogP contribution in [0.3, 0.4) is 0 Å². The Kier molecular flexibility index (Phi) is 2.65. The lowest BCUT2D eigenvalue weighted by Gasteiger charge is -2.01. The number of nitro groups is 1. The highest BCUT2D eigenvalue weighted by Gasteiger charge is 2.11. The summed E-state index contributed by atoms with van der Waals surface area (Å²) in [6, 6.07) is 6.33. The highest BCUT2D eigenvalue weighted by molar-refractivity contribution is 5.55. The molecule has 0 saturated heterocycles. The van der Waals surface area contributed by atoms with E-state index in [2.05, 4.69) is 10.2 Å². The largest absolute Gasteiger partial charge is 0.384 e. The molecule has 17 heavy (non-hydrogen) atoms. The van der Waals surface area contributed by atoms with Crippen LogP contribution in [0.4, 0.5) is 17.3 Å². The lowest BCUT2D eigenvalue weighted by Crippen LogP contribution is -1.98. The molecule has 0 saturated carbocycles. The standard InChI is InChI=1S/C10H11N5O2/c11-9-8(10(12)14-13-9)5-6-2-1-3-7(4-6)15(16)17/h1-4H,5H2,(H5,11,12,13,14). The van der Waals surface area contributed by atoms with Crippen LogP contribution in [-0.2, 0) is 6.42 Å². The zero-order chi connectivity index (χ0) is 12.4. The van der Waals surface area contributed by atoms with Crippen LogP contribution in [-0.4, -0.2) is 15.1 Å². The van der Waals surface area contributed by atoms with E-state index in [0.717, 1.165) is 5.56 Å². The fraction of sp³-hybridized carbons (Fsp3) is 0.100. The van der Waals surface area contributed by atoms with Gasteiger partial charge in [0.15, 0.2) is 5.82 Å². The van der Waals surface area contributed by atoms with E-state index < -0.39 is 4.92 Å². The summed E-state index contributed by atoms with van der Waals surface area (Å²) in [4.78, 5) is 10.2. The summed E-state index contributed by atoms with van der Waals surface area (Å²) >= 11 is 0. The number of nitrogens with zero attached hydrogens (tertiary/aromatic N) is 2. The number of nitro benzene ring substituents is 1. The van der Waals surface area contributed by atoms with Crippen molar-refractivity contribution >= 4 is 17.3 Å². The molecule has 0 aliphatic heterocycles. The van der Waals surface area contributed by atoms with Gasteiger partial charge in [-0.05, 0) is 5.56 Å². The number of rotatable bonds is 3. The van der Waals surface area contributed by atoms with Gasteiger partial charge in [-0.1, -0.05) is 12.1 Å². The molecule has 0 spiro atoms. The van der Waals surface area contributed by atoms with E-state index in [1.54, 1.807) is 12.1 Å². The van der Waals surface area contributed by atoms with Gasteiger partial charge in [-0.2, -0.15) is 5.10 Å². The number of hydrogen-bond donors (Lipinski definition) is 3. The van der Waals surface area contributed by atoms with Crippen LogP contribution in [0.25, 0.3) is 0 Å². The number of non-ortho nitro benzene ring substituents is 1. The number of nitrogens with two attached hydrogens (primary N) is 2. The third-order valence-corrected chi connectivity index (χ3v) is 2.43. The van der Waals surface area contributed by atoms with Gasteiger partial charge in [-0.25, -0.2) is 0 Å². The van der Waals surface area contributed by atoms with E-state index in [9.17, 15) is 10.1 Å². The molecule has 0 aliphatic rings. The molecule has 1 heterocycles. The summed E-state index contributed by atoms with van der Waals surface area (Å²) in [6.45, 7) is 0. The first-order chi connectivity index (χ1) is 8.08. The highest BCUT2D eigenvalue weighted by atomic mass is 16.6. The van der Waals surface area contributed by atoms with Gasteiger partial charge in [-0.3, -0.25) is 15.2 Å². The van der Waals surface area contributed by atoms with Crippen LogP contribution < -0.4 is 11.5 Å². The Morgan fingerprint density at radius 3 is 2.76 bits per heavy atom. The first kappa shape index (κ1) is 10.9. The molecule has 0 bridgehead atoms. The molecule has 0 radical (unpaired) electrons. The number of hydrogen-bond acceptors (Lipinski definition) is 5. The number of nitrogen functional groups attached to an aromatic ring is 2. The predicted molar refractivity (Wildman–Crippen MR) is 63.3 cm³/mol. The second-order valence-electron chi connectivity index (χ2n) is 3.60. The van der Waals surface area contributed by atoms with Crippen molar-refractivity contribution in [2.75, 3.05) is 11.5 Å². The van der Waals surface area contributed by atoms with Crippen LogP contribution in [0, 0.1) is 10.1 Å². The van der Waals surface area contributed by atoms with Crippen LogP contribution in [0.2, 0.25) is 0 Å². The molecule has 0 amide bonds. The maximum absolute atomic E-state index is 10.6. The van der Waals surface area contributed by atoms with Gasteiger partial charge in [0.1, 0.15) is 5.82 Å². The zero-order valence-corrected chi connectivity index (χ0v) is 8.88. The van der Waals surface area contributed by atoms with Crippen molar-refractivity contribution in [3.8, 4) is 0 Å². The van der Waals surface area contributed by atoms with E-state index >= 15 is 0 Å². The molecule has 1 aromatic heterocycles. The van der Waals surface area contributed by atoms with Crippen molar-refractivity contribution in [3.63, 3.8) is 0 Å². The first-order valence-corrected chi connectivity index (χ1v) is 4.89. The Morgan fingerprint density at radius 1 is 1.41 bits per heavy atom. The number of aromatic nitrogens is 2. The maximum Gasteiger partial charge on any atom is 0.269 e. The smallest absolute Gasteiger partial charge is 0.269 e. The molecule has 88 valence electrons. The van der Waals surface area contributed by atoms with Crippen molar-refractivity contribution < 1.29 is 4.92 Å². The minimum absolute atomic E-state index is 0.0446. The molecule has 0 aliphatic carbocycles. The average Bonchev–Trinajstić information content (AvgIpc) is 2.61. The molecule has 7 nitrogen and oxygen atoms in total. The lowest BCUT2D eigenvalue weighted by atomic mass is 10.1. The molecule has 2 rings (SSSR count). The quantitative estimate of drug-likeness (QED) is 0.540. The fourth-order valence-corrected chi connectivity index (χ4v) is 1.56. The molecule has 5 N–H and O–H groups in total. The summed E-state index contributed by atoms with van der Waals surface area (Å²) in [7, 11) is 0.